The highest BCUT2D eigenvalue weighted by Crippen LogP contribution is 2.33. The summed E-state index contributed by atoms with van der Waals surface area (Å²) in [6.07, 6.45) is 6.76. The van der Waals surface area contributed by atoms with Crippen molar-refractivity contribution in [3.63, 3.8) is 0 Å². The first-order valence-corrected chi connectivity index (χ1v) is 6.92. The fourth-order valence-corrected chi connectivity index (χ4v) is 3.03. The predicted molar refractivity (Wildman–Crippen MR) is 74.9 cm³/mol. The molecule has 18 heavy (non-hydrogen) atoms. The average molecular weight is 243 g/mol. The Morgan fingerprint density at radius 3 is 2.83 bits per heavy atom. The van der Waals surface area contributed by atoms with Gasteiger partial charge in [0.25, 0.3) is 0 Å². The number of hydrogen-bond donors (Lipinski definition) is 0. The molecule has 3 nitrogen and oxygen atoms in total. The first-order valence-electron chi connectivity index (χ1n) is 6.92. The highest BCUT2D eigenvalue weighted by Gasteiger charge is 2.22. The topological polar surface area (TPSA) is 21.1 Å². The van der Waals surface area contributed by atoms with Gasteiger partial charge in [-0.1, -0.05) is 0 Å². The molecule has 0 radical (unpaired) electrons. The van der Waals surface area contributed by atoms with Gasteiger partial charge in [-0.3, -0.25) is 4.98 Å². The minimum absolute atomic E-state index is 0.686. The molecular weight excluding hydrogens is 222 g/mol. The van der Waals surface area contributed by atoms with E-state index < -0.39 is 0 Å². The summed E-state index contributed by atoms with van der Waals surface area (Å²) in [6, 6.07) is 4.22. The summed E-state index contributed by atoms with van der Waals surface area (Å²) >= 11 is 0. The summed E-state index contributed by atoms with van der Waals surface area (Å²) in [5.41, 5.74) is 3.96. The van der Waals surface area contributed by atoms with Crippen LogP contribution in [0.4, 0.5) is 0 Å². The third kappa shape index (κ3) is 1.93. The van der Waals surface area contributed by atoms with Crippen molar-refractivity contribution in [2.24, 2.45) is 0 Å². The van der Waals surface area contributed by atoms with Crippen molar-refractivity contribution in [1.29, 1.82) is 0 Å². The quantitative estimate of drug-likeness (QED) is 0.808. The Bertz CT molecular complexity index is 536. The largest absolute Gasteiger partial charge is 0.346 e. The number of pyridine rings is 1. The lowest BCUT2D eigenvalue weighted by Crippen LogP contribution is -2.29. The second-order valence-electron chi connectivity index (χ2n) is 5.32. The highest BCUT2D eigenvalue weighted by molar-refractivity contribution is 5.80. The van der Waals surface area contributed by atoms with Crippen molar-refractivity contribution >= 4 is 11.0 Å². The second-order valence-corrected chi connectivity index (χ2v) is 5.32. The smallest absolute Gasteiger partial charge is 0.0915 e. The molecule has 0 saturated carbocycles. The maximum absolute atomic E-state index is 4.61. The van der Waals surface area contributed by atoms with E-state index in [1.165, 1.54) is 42.5 Å². The zero-order valence-electron chi connectivity index (χ0n) is 11.3. The third-order valence-corrected chi connectivity index (χ3v) is 4.16. The molecule has 3 heteroatoms. The Balaban J connectivity index is 2.01. The van der Waals surface area contributed by atoms with Gasteiger partial charge in [0.05, 0.1) is 11.0 Å². The van der Waals surface area contributed by atoms with E-state index in [4.69, 9.17) is 0 Å². The van der Waals surface area contributed by atoms with Crippen LogP contribution >= 0.6 is 0 Å². The number of fused-ring (bicyclic) bond motifs is 1. The van der Waals surface area contributed by atoms with E-state index in [1.54, 1.807) is 0 Å². The maximum Gasteiger partial charge on any atom is 0.0915 e. The van der Waals surface area contributed by atoms with Gasteiger partial charge in [0.2, 0.25) is 0 Å². The third-order valence-electron chi connectivity index (χ3n) is 4.16. The molecule has 2 aromatic rings. The summed E-state index contributed by atoms with van der Waals surface area (Å²) in [6.45, 7) is 5.63. The molecule has 0 atom stereocenters. The van der Waals surface area contributed by atoms with Gasteiger partial charge in [-0.05, 0) is 63.5 Å². The fourth-order valence-electron chi connectivity index (χ4n) is 3.03. The molecule has 0 bridgehead atoms. The minimum Gasteiger partial charge on any atom is -0.346 e. The van der Waals surface area contributed by atoms with E-state index in [2.05, 4.69) is 40.7 Å². The molecule has 0 N–H and O–H groups in total. The zero-order chi connectivity index (χ0) is 12.5. The predicted octanol–water partition coefficient (Wildman–Crippen LogP) is 2.87. The van der Waals surface area contributed by atoms with Crippen LogP contribution in [0.15, 0.2) is 24.5 Å². The van der Waals surface area contributed by atoms with E-state index in [1.807, 2.05) is 12.3 Å². The van der Waals surface area contributed by atoms with Crippen LogP contribution in [0, 0.1) is 0 Å². The number of piperidine rings is 1. The molecule has 0 amide bonds. The van der Waals surface area contributed by atoms with Gasteiger partial charge in [-0.15, -0.1) is 0 Å². The molecule has 1 fully saturated rings. The molecule has 0 spiro atoms. The van der Waals surface area contributed by atoms with Gasteiger partial charge in [-0.2, -0.15) is 0 Å². The maximum atomic E-state index is 4.61. The van der Waals surface area contributed by atoms with Crippen LogP contribution in [-0.2, 0) is 6.54 Å². The van der Waals surface area contributed by atoms with E-state index in [0.717, 1.165) is 6.54 Å². The van der Waals surface area contributed by atoms with Crippen LogP contribution in [0.3, 0.4) is 0 Å². The van der Waals surface area contributed by atoms with Gasteiger partial charge < -0.3 is 9.47 Å². The van der Waals surface area contributed by atoms with Gasteiger partial charge in [0.1, 0.15) is 0 Å². The van der Waals surface area contributed by atoms with Crippen LogP contribution in [0.1, 0.15) is 31.2 Å². The monoisotopic (exact) mass is 243 g/mol. The van der Waals surface area contributed by atoms with Gasteiger partial charge >= 0.3 is 0 Å². The van der Waals surface area contributed by atoms with Gasteiger partial charge in [-0.25, -0.2) is 0 Å². The summed E-state index contributed by atoms with van der Waals surface area (Å²) in [5, 5.41) is 0. The molecule has 96 valence electrons. The van der Waals surface area contributed by atoms with E-state index in [9.17, 15) is 0 Å². The Morgan fingerprint density at radius 2 is 2.11 bits per heavy atom. The van der Waals surface area contributed by atoms with Gasteiger partial charge in [0.15, 0.2) is 0 Å². The van der Waals surface area contributed by atoms with E-state index >= 15 is 0 Å². The Labute approximate surface area is 108 Å². The Kier molecular flexibility index (Phi) is 3.08. The van der Waals surface area contributed by atoms with Crippen LogP contribution in [0.5, 0.6) is 0 Å². The molecular formula is C15H21N3. The molecule has 0 aromatic carbocycles. The second kappa shape index (κ2) is 4.73. The number of rotatable bonds is 2. The van der Waals surface area contributed by atoms with E-state index in [-0.39, 0.29) is 0 Å². The SMILES string of the molecule is CCn1cc(C2CCN(C)CC2)c2ncccc21. The van der Waals surface area contributed by atoms with Crippen LogP contribution in [0.2, 0.25) is 0 Å². The lowest BCUT2D eigenvalue weighted by atomic mass is 9.91. The molecule has 1 aliphatic heterocycles. The van der Waals surface area contributed by atoms with Crippen LogP contribution in [0.25, 0.3) is 11.0 Å². The first kappa shape index (κ1) is 11.7. The first-order chi connectivity index (χ1) is 8.79. The number of aromatic nitrogens is 2. The zero-order valence-corrected chi connectivity index (χ0v) is 11.3. The number of hydrogen-bond acceptors (Lipinski definition) is 2. The van der Waals surface area contributed by atoms with Crippen molar-refractivity contribution in [2.45, 2.75) is 32.2 Å². The lowest BCUT2D eigenvalue weighted by Gasteiger charge is -2.28. The van der Waals surface area contributed by atoms with Crippen molar-refractivity contribution in [3.8, 4) is 0 Å². The Morgan fingerprint density at radius 1 is 1.33 bits per heavy atom. The highest BCUT2D eigenvalue weighted by atomic mass is 15.1. The molecule has 1 aliphatic rings. The van der Waals surface area contributed by atoms with Crippen molar-refractivity contribution < 1.29 is 0 Å². The molecule has 3 rings (SSSR count). The van der Waals surface area contributed by atoms with Crippen LogP contribution < -0.4 is 0 Å². The number of likely N-dealkylation sites (tertiary alicyclic amines) is 1. The van der Waals surface area contributed by atoms with Crippen molar-refractivity contribution in [1.82, 2.24) is 14.5 Å². The molecule has 3 heterocycles. The summed E-state index contributed by atoms with van der Waals surface area (Å²) in [4.78, 5) is 7.03. The lowest BCUT2D eigenvalue weighted by molar-refractivity contribution is 0.256. The number of nitrogens with zero attached hydrogens (tertiary/aromatic N) is 3. The molecule has 0 aliphatic carbocycles. The molecule has 2 aromatic heterocycles. The fraction of sp³-hybridized carbons (Fsp3) is 0.533. The Hall–Kier alpha value is -1.35. The van der Waals surface area contributed by atoms with Crippen molar-refractivity contribution in [2.75, 3.05) is 20.1 Å². The van der Waals surface area contributed by atoms with Crippen LogP contribution in [-0.4, -0.2) is 34.6 Å². The summed E-state index contributed by atoms with van der Waals surface area (Å²) in [5.74, 6) is 0.686. The van der Waals surface area contributed by atoms with E-state index in [0.29, 0.717) is 5.92 Å². The standard InChI is InChI=1S/C15H21N3/c1-3-18-11-13(12-6-9-17(2)10-7-12)15-14(18)5-4-8-16-15/h4-5,8,11-12H,3,6-7,9-10H2,1-2H3. The van der Waals surface area contributed by atoms with Gasteiger partial charge in [0, 0.05) is 18.9 Å². The normalized spacial score (nSPS) is 18.6. The average Bonchev–Trinajstić information content (AvgIpc) is 2.79. The summed E-state index contributed by atoms with van der Waals surface area (Å²) < 4.78 is 2.33. The minimum atomic E-state index is 0.686. The van der Waals surface area contributed by atoms with Crippen molar-refractivity contribution in [3.05, 3.63) is 30.1 Å². The molecule has 0 unspecified atom stereocenters. The number of aryl methyl sites for hydroxylation is 1. The summed E-state index contributed by atoms with van der Waals surface area (Å²) in [7, 11) is 2.21. The molecule has 1 saturated heterocycles.